The van der Waals surface area contributed by atoms with Gasteiger partial charge in [-0.05, 0) is 11.1 Å². The van der Waals surface area contributed by atoms with Gasteiger partial charge < -0.3 is 4.74 Å². The van der Waals surface area contributed by atoms with Gasteiger partial charge in [-0.25, -0.2) is 9.78 Å². The van der Waals surface area contributed by atoms with Crippen LogP contribution in [0.25, 0.3) is 0 Å². The Morgan fingerprint density at radius 1 is 0.579 bits per heavy atom. The quantitative estimate of drug-likeness (QED) is 0.609. The molecule has 4 rings (SSSR count). The molecule has 3 nitrogen and oxygen atoms in total. The lowest BCUT2D eigenvalue weighted by Crippen LogP contribution is -2.25. The van der Waals surface area contributed by atoms with Gasteiger partial charge in [0, 0.05) is 0 Å². The van der Waals surface area contributed by atoms with E-state index in [1.54, 1.807) is 0 Å². The van der Waals surface area contributed by atoms with Crippen LogP contribution >= 0.6 is 0 Å². The fraction of sp³-hybridized carbons (Fsp3) is 0.250. The zero-order valence-electron chi connectivity index (χ0n) is 10.3. The first kappa shape index (κ1) is 11.2. The Morgan fingerprint density at radius 3 is 1.42 bits per heavy atom. The maximum atomic E-state index is 5.76. The fourth-order valence-corrected chi connectivity index (χ4v) is 2.63. The van der Waals surface area contributed by atoms with Gasteiger partial charge in [-0.15, -0.1) is 0 Å². The topological polar surface area (TPSA) is 31.0 Å². The number of epoxide rings is 1. The van der Waals surface area contributed by atoms with Crippen LogP contribution in [0.5, 0.6) is 0 Å². The summed E-state index contributed by atoms with van der Waals surface area (Å²) >= 11 is 0. The van der Waals surface area contributed by atoms with Gasteiger partial charge in [0.25, 0.3) is 0 Å². The summed E-state index contributed by atoms with van der Waals surface area (Å²) in [5.74, 6) is 0. The van der Waals surface area contributed by atoms with E-state index in [2.05, 4.69) is 0 Å². The predicted octanol–water partition coefficient (Wildman–Crippen LogP) is 3.20. The Balaban J connectivity index is 1.54. The molecule has 0 amide bonds. The van der Waals surface area contributed by atoms with E-state index in [0.717, 1.165) is 11.1 Å². The molecule has 0 radical (unpaired) electrons. The molecule has 0 spiro atoms. The minimum Gasteiger partial charge on any atom is -0.363 e. The third kappa shape index (κ3) is 1.96. The van der Waals surface area contributed by atoms with Crippen LogP contribution < -0.4 is 0 Å². The van der Waals surface area contributed by atoms with Gasteiger partial charge in [-0.3, -0.25) is 0 Å². The van der Waals surface area contributed by atoms with Crippen LogP contribution in [0, 0.1) is 0 Å². The third-order valence-electron chi connectivity index (χ3n) is 3.68. The van der Waals surface area contributed by atoms with E-state index in [1.165, 1.54) is 0 Å². The van der Waals surface area contributed by atoms with Crippen LogP contribution in [0.1, 0.15) is 23.3 Å². The Kier molecular flexibility index (Phi) is 2.62. The lowest BCUT2D eigenvalue weighted by atomic mass is 9.98. The van der Waals surface area contributed by atoms with Crippen molar-refractivity contribution in [2.24, 2.45) is 0 Å². The number of hydrogen-bond acceptors (Lipinski definition) is 3. The van der Waals surface area contributed by atoms with Crippen LogP contribution in [0.15, 0.2) is 60.7 Å². The van der Waals surface area contributed by atoms with Gasteiger partial charge in [0.15, 0.2) is 0 Å². The highest BCUT2D eigenvalue weighted by molar-refractivity contribution is 5.25. The molecule has 2 aliphatic rings. The lowest BCUT2D eigenvalue weighted by Gasteiger charge is -2.24. The summed E-state index contributed by atoms with van der Waals surface area (Å²) < 4.78 is 5.76. The van der Waals surface area contributed by atoms with Crippen LogP contribution in [0.2, 0.25) is 0 Å². The first-order valence-electron chi connectivity index (χ1n) is 6.51. The number of hydrogen-bond donors (Lipinski definition) is 0. The van der Waals surface area contributed by atoms with Crippen molar-refractivity contribution in [2.75, 3.05) is 0 Å². The van der Waals surface area contributed by atoms with Gasteiger partial charge in [0.05, 0.1) is 0 Å². The van der Waals surface area contributed by atoms with E-state index < -0.39 is 0 Å². The first-order chi connectivity index (χ1) is 9.43. The maximum Gasteiger partial charge on any atom is 0.147 e. The monoisotopic (exact) mass is 254 g/mol. The van der Waals surface area contributed by atoms with Gasteiger partial charge in [0.2, 0.25) is 0 Å². The van der Waals surface area contributed by atoms with E-state index in [9.17, 15) is 0 Å². The van der Waals surface area contributed by atoms with Crippen LogP contribution in [0.3, 0.4) is 0 Å². The molecule has 2 aromatic rings. The normalized spacial score (nSPS) is 32.6. The number of ether oxygens (including phenoxy) is 1. The van der Waals surface area contributed by atoms with Crippen molar-refractivity contribution < 1.29 is 14.5 Å². The van der Waals surface area contributed by atoms with Gasteiger partial charge in [-0.2, -0.15) is 0 Å². The third-order valence-corrected chi connectivity index (χ3v) is 3.68. The molecule has 0 unspecified atom stereocenters. The van der Waals surface area contributed by atoms with Crippen molar-refractivity contribution >= 4 is 0 Å². The van der Waals surface area contributed by atoms with Crippen molar-refractivity contribution in [3.05, 3.63) is 71.8 Å². The highest BCUT2D eigenvalue weighted by Crippen LogP contribution is 2.49. The molecule has 2 aliphatic heterocycles. The van der Waals surface area contributed by atoms with Gasteiger partial charge in [0.1, 0.15) is 24.4 Å². The van der Waals surface area contributed by atoms with Crippen molar-refractivity contribution in [1.82, 2.24) is 0 Å². The number of benzene rings is 2. The standard InChI is InChI=1S/C16H14O3/c1-3-7-11(8-4-1)13-15-16(17-15)14(19-18-13)12-9-5-2-6-10-12/h1-10,13-16H/t13-,14+,15-,16+. The largest absolute Gasteiger partial charge is 0.363 e. The second-order valence-corrected chi connectivity index (χ2v) is 4.92. The summed E-state index contributed by atoms with van der Waals surface area (Å²) in [7, 11) is 0. The summed E-state index contributed by atoms with van der Waals surface area (Å²) in [5.41, 5.74) is 2.20. The summed E-state index contributed by atoms with van der Waals surface area (Å²) in [6, 6.07) is 20.1. The van der Waals surface area contributed by atoms with Crippen LogP contribution in [0.4, 0.5) is 0 Å². The second-order valence-electron chi connectivity index (χ2n) is 4.92. The second kappa shape index (κ2) is 4.46. The van der Waals surface area contributed by atoms with Crippen molar-refractivity contribution in [3.8, 4) is 0 Å². The van der Waals surface area contributed by atoms with Crippen LogP contribution in [-0.2, 0) is 14.5 Å². The van der Waals surface area contributed by atoms with E-state index in [4.69, 9.17) is 14.5 Å². The Morgan fingerprint density at radius 2 is 1.00 bits per heavy atom. The highest BCUT2D eigenvalue weighted by Gasteiger charge is 2.56. The molecule has 19 heavy (non-hydrogen) atoms. The lowest BCUT2D eigenvalue weighted by molar-refractivity contribution is -0.370. The average molecular weight is 254 g/mol. The average Bonchev–Trinajstić information content (AvgIpc) is 3.28. The minimum atomic E-state index is -0.119. The van der Waals surface area contributed by atoms with E-state index in [0.29, 0.717) is 0 Å². The number of fused-ring (bicyclic) bond motifs is 1. The smallest absolute Gasteiger partial charge is 0.147 e. The highest BCUT2D eigenvalue weighted by atomic mass is 17.2. The Bertz CT molecular complexity index is 503. The molecule has 96 valence electrons. The predicted molar refractivity (Wildman–Crippen MR) is 69.2 cm³/mol. The molecule has 0 bridgehead atoms. The SMILES string of the molecule is c1ccc([C@H]2OO[C@@H](c3ccccc3)[C@@H]3O[C@@H]32)cc1. The molecule has 2 heterocycles. The first-order valence-corrected chi connectivity index (χ1v) is 6.51. The maximum absolute atomic E-state index is 5.76. The molecule has 2 fully saturated rings. The van der Waals surface area contributed by atoms with Crippen molar-refractivity contribution in [2.45, 2.75) is 24.4 Å². The fourth-order valence-electron chi connectivity index (χ4n) is 2.63. The molecule has 0 aliphatic carbocycles. The summed E-state index contributed by atoms with van der Waals surface area (Å²) in [4.78, 5) is 11.1. The Hall–Kier alpha value is -1.68. The molecule has 3 heteroatoms. The van der Waals surface area contributed by atoms with Crippen molar-refractivity contribution in [1.29, 1.82) is 0 Å². The molecule has 2 aromatic carbocycles. The van der Waals surface area contributed by atoms with E-state index in [1.807, 2.05) is 60.7 Å². The molecule has 0 saturated carbocycles. The molecule has 4 atom stereocenters. The summed E-state index contributed by atoms with van der Waals surface area (Å²) in [6.45, 7) is 0. The minimum absolute atomic E-state index is 0.0985. The Labute approximate surface area is 111 Å². The molecule has 0 aromatic heterocycles. The zero-order chi connectivity index (χ0) is 12.7. The molecular formula is C16H14O3. The van der Waals surface area contributed by atoms with Crippen molar-refractivity contribution in [3.63, 3.8) is 0 Å². The zero-order valence-corrected chi connectivity index (χ0v) is 10.3. The molecule has 2 saturated heterocycles. The molecular weight excluding hydrogens is 240 g/mol. The summed E-state index contributed by atoms with van der Waals surface area (Å²) in [6.07, 6.45) is -0.0416. The number of rotatable bonds is 2. The van der Waals surface area contributed by atoms with E-state index in [-0.39, 0.29) is 24.4 Å². The van der Waals surface area contributed by atoms with Crippen LogP contribution in [-0.4, -0.2) is 12.2 Å². The molecule has 0 N–H and O–H groups in total. The van der Waals surface area contributed by atoms with Gasteiger partial charge in [-0.1, -0.05) is 60.7 Å². The summed E-state index contributed by atoms with van der Waals surface area (Å²) in [5, 5.41) is 0. The van der Waals surface area contributed by atoms with Gasteiger partial charge >= 0.3 is 0 Å². The van der Waals surface area contributed by atoms with E-state index >= 15 is 0 Å².